The van der Waals surface area contributed by atoms with Crippen molar-refractivity contribution in [2.45, 2.75) is 0 Å². The fourth-order valence-electron chi connectivity index (χ4n) is 2.02. The Balaban J connectivity index is 2.29. The van der Waals surface area contributed by atoms with Gasteiger partial charge in [0.2, 0.25) is 0 Å². The van der Waals surface area contributed by atoms with Gasteiger partial charge in [-0.05, 0) is 35.7 Å². The van der Waals surface area contributed by atoms with E-state index in [-0.39, 0.29) is 11.4 Å². The number of hydrogen-bond donors (Lipinski definition) is 1. The second kappa shape index (κ2) is 5.27. The number of benzene rings is 1. The maximum atomic E-state index is 10.8. The zero-order valence-corrected chi connectivity index (χ0v) is 12.3. The van der Waals surface area contributed by atoms with Gasteiger partial charge in [-0.1, -0.05) is 0 Å². The van der Waals surface area contributed by atoms with Gasteiger partial charge >= 0.3 is 0 Å². The molecule has 2 N–H and O–H groups in total. The summed E-state index contributed by atoms with van der Waals surface area (Å²) in [7, 11) is 2.09. The van der Waals surface area contributed by atoms with Gasteiger partial charge < -0.3 is 15.5 Å². The average Bonchev–Trinajstić information content (AvgIpc) is 2.32. The van der Waals surface area contributed by atoms with Gasteiger partial charge in [-0.15, -0.1) is 0 Å². The van der Waals surface area contributed by atoms with E-state index in [1.807, 2.05) is 0 Å². The van der Waals surface area contributed by atoms with E-state index in [4.69, 9.17) is 5.73 Å². The van der Waals surface area contributed by atoms with E-state index in [2.05, 4.69) is 39.4 Å². The van der Waals surface area contributed by atoms with Crippen LogP contribution in [0.3, 0.4) is 0 Å². The van der Waals surface area contributed by atoms with Crippen molar-refractivity contribution in [2.75, 3.05) is 43.9 Å². The Hall–Kier alpha value is -1.09. The lowest BCUT2D eigenvalue weighted by Crippen LogP contribution is -2.44. The van der Waals surface area contributed by atoms with Crippen LogP contribution in [0.2, 0.25) is 0 Å². The molecule has 6 nitrogen and oxygen atoms in total. The first-order chi connectivity index (χ1) is 8.49. The molecule has 0 amide bonds. The summed E-state index contributed by atoms with van der Waals surface area (Å²) in [5.74, 6) is 0. The molecule has 98 valence electrons. The van der Waals surface area contributed by atoms with Crippen LogP contribution in [0.25, 0.3) is 0 Å². The Morgan fingerprint density at radius 1 is 1.33 bits per heavy atom. The molecule has 2 rings (SSSR count). The van der Waals surface area contributed by atoms with Crippen LogP contribution >= 0.6 is 22.6 Å². The van der Waals surface area contributed by atoms with Gasteiger partial charge in [0.15, 0.2) is 0 Å². The minimum absolute atomic E-state index is 0.0164. The van der Waals surface area contributed by atoms with Gasteiger partial charge in [-0.25, -0.2) is 0 Å². The summed E-state index contributed by atoms with van der Waals surface area (Å²) < 4.78 is 0.873. The maximum Gasteiger partial charge on any atom is 0.293 e. The molecule has 18 heavy (non-hydrogen) atoms. The summed E-state index contributed by atoms with van der Waals surface area (Å²) >= 11 is 2.13. The number of hydrogen-bond acceptors (Lipinski definition) is 5. The number of nitrogens with zero attached hydrogens (tertiary/aromatic N) is 3. The molecule has 0 radical (unpaired) electrons. The smallest absolute Gasteiger partial charge is 0.293 e. The Bertz CT molecular complexity index is 472. The van der Waals surface area contributed by atoms with Crippen LogP contribution in [0, 0.1) is 13.7 Å². The second-order valence-corrected chi connectivity index (χ2v) is 5.57. The van der Waals surface area contributed by atoms with Gasteiger partial charge in [-0.3, -0.25) is 10.1 Å². The van der Waals surface area contributed by atoms with Crippen molar-refractivity contribution in [1.82, 2.24) is 4.90 Å². The molecule has 0 spiro atoms. The molecule has 7 heteroatoms. The van der Waals surface area contributed by atoms with Gasteiger partial charge in [0.25, 0.3) is 5.69 Å². The number of nitro groups is 1. The third kappa shape index (κ3) is 2.66. The summed E-state index contributed by atoms with van der Waals surface area (Å²) in [5.41, 5.74) is 6.95. The van der Waals surface area contributed by atoms with Crippen LogP contribution in [0.15, 0.2) is 12.1 Å². The summed E-state index contributed by atoms with van der Waals surface area (Å²) in [6.07, 6.45) is 0. The van der Waals surface area contributed by atoms with E-state index in [1.165, 1.54) is 0 Å². The first-order valence-corrected chi connectivity index (χ1v) is 6.74. The molecule has 0 unspecified atom stereocenters. The van der Waals surface area contributed by atoms with E-state index in [1.54, 1.807) is 12.1 Å². The highest BCUT2D eigenvalue weighted by Crippen LogP contribution is 2.32. The third-order valence-corrected chi connectivity index (χ3v) is 4.00. The lowest BCUT2D eigenvalue weighted by molar-refractivity contribution is -0.384. The van der Waals surface area contributed by atoms with Crippen molar-refractivity contribution in [3.8, 4) is 0 Å². The highest BCUT2D eigenvalue weighted by Gasteiger charge is 2.20. The molecular formula is C11H15IN4O2. The Labute approximate surface area is 119 Å². The molecule has 1 aromatic carbocycles. The molecule has 1 aromatic rings. The molecule has 1 aliphatic rings. The zero-order chi connectivity index (χ0) is 13.3. The molecule has 0 saturated carbocycles. The molecular weight excluding hydrogens is 347 g/mol. The van der Waals surface area contributed by atoms with Crippen molar-refractivity contribution in [3.63, 3.8) is 0 Å². The number of anilines is 2. The Kier molecular flexibility index (Phi) is 3.91. The molecule has 0 aliphatic carbocycles. The zero-order valence-electron chi connectivity index (χ0n) is 10.1. The average molecular weight is 362 g/mol. The number of likely N-dealkylation sites (N-methyl/N-ethyl adjacent to an activating group) is 1. The molecule has 1 aliphatic heterocycles. The molecule has 0 aromatic heterocycles. The minimum Gasteiger partial charge on any atom is -0.393 e. The lowest BCUT2D eigenvalue weighted by Gasteiger charge is -2.34. The van der Waals surface area contributed by atoms with E-state index in [9.17, 15) is 10.1 Å². The highest BCUT2D eigenvalue weighted by molar-refractivity contribution is 14.1. The second-order valence-electron chi connectivity index (χ2n) is 4.41. The Morgan fingerprint density at radius 3 is 2.50 bits per heavy atom. The lowest BCUT2D eigenvalue weighted by atomic mass is 10.2. The van der Waals surface area contributed by atoms with Crippen molar-refractivity contribution < 1.29 is 4.92 Å². The van der Waals surface area contributed by atoms with Crippen LogP contribution in [-0.4, -0.2) is 43.0 Å². The summed E-state index contributed by atoms with van der Waals surface area (Å²) in [6.45, 7) is 3.83. The van der Waals surface area contributed by atoms with Crippen molar-refractivity contribution in [3.05, 3.63) is 25.8 Å². The van der Waals surface area contributed by atoms with Crippen LogP contribution in [-0.2, 0) is 0 Å². The predicted molar refractivity (Wildman–Crippen MR) is 79.9 cm³/mol. The van der Waals surface area contributed by atoms with Crippen LogP contribution in [0.1, 0.15) is 0 Å². The van der Waals surface area contributed by atoms with E-state index in [0.29, 0.717) is 0 Å². The molecule has 1 saturated heterocycles. The quantitative estimate of drug-likeness (QED) is 0.374. The summed E-state index contributed by atoms with van der Waals surface area (Å²) in [6, 6.07) is 3.26. The number of nitro benzene ring substituents is 1. The largest absolute Gasteiger partial charge is 0.393 e. The van der Waals surface area contributed by atoms with Gasteiger partial charge in [0, 0.05) is 35.8 Å². The SMILES string of the molecule is CN1CCN(c2cc(N)c([N+](=O)[O-])cc2I)CC1. The van der Waals surface area contributed by atoms with Crippen molar-refractivity contribution in [2.24, 2.45) is 0 Å². The number of piperazine rings is 1. The van der Waals surface area contributed by atoms with Crippen LogP contribution in [0.5, 0.6) is 0 Å². The molecule has 0 atom stereocenters. The maximum absolute atomic E-state index is 10.8. The monoisotopic (exact) mass is 362 g/mol. The normalized spacial score (nSPS) is 16.9. The minimum atomic E-state index is -0.439. The van der Waals surface area contributed by atoms with Crippen LogP contribution in [0.4, 0.5) is 17.1 Å². The standard InChI is InChI=1S/C11H15IN4O2/c1-14-2-4-15(5-3-14)10-7-9(13)11(16(17)18)6-8(10)12/h6-7H,2-5,13H2,1H3. The first-order valence-electron chi connectivity index (χ1n) is 5.66. The molecule has 1 heterocycles. The van der Waals surface area contributed by atoms with Crippen LogP contribution < -0.4 is 10.6 Å². The fraction of sp³-hybridized carbons (Fsp3) is 0.455. The number of rotatable bonds is 2. The third-order valence-electron chi connectivity index (χ3n) is 3.14. The topological polar surface area (TPSA) is 75.6 Å². The highest BCUT2D eigenvalue weighted by atomic mass is 127. The number of nitrogen functional groups attached to an aromatic ring is 1. The van der Waals surface area contributed by atoms with E-state index >= 15 is 0 Å². The van der Waals surface area contributed by atoms with Gasteiger partial charge in [0.1, 0.15) is 5.69 Å². The summed E-state index contributed by atoms with van der Waals surface area (Å²) in [4.78, 5) is 14.9. The van der Waals surface area contributed by atoms with Gasteiger partial charge in [-0.2, -0.15) is 0 Å². The van der Waals surface area contributed by atoms with E-state index in [0.717, 1.165) is 35.4 Å². The first kappa shape index (κ1) is 13.3. The Morgan fingerprint density at radius 2 is 1.94 bits per heavy atom. The number of halogens is 1. The number of nitrogens with two attached hydrogens (primary N) is 1. The van der Waals surface area contributed by atoms with Crippen molar-refractivity contribution in [1.29, 1.82) is 0 Å². The molecule has 0 bridgehead atoms. The molecule has 1 fully saturated rings. The predicted octanol–water partition coefficient (Wildman–Crippen LogP) is 1.53. The summed E-state index contributed by atoms with van der Waals surface area (Å²) in [5, 5.41) is 10.8. The van der Waals surface area contributed by atoms with Crippen molar-refractivity contribution >= 4 is 39.7 Å². The van der Waals surface area contributed by atoms with Gasteiger partial charge in [0.05, 0.1) is 10.6 Å². The van der Waals surface area contributed by atoms with E-state index < -0.39 is 4.92 Å². The fourth-order valence-corrected chi connectivity index (χ4v) is 2.81.